The van der Waals surface area contributed by atoms with Crippen LogP contribution < -0.4 is 10.6 Å². The summed E-state index contributed by atoms with van der Waals surface area (Å²) >= 11 is 0. The van der Waals surface area contributed by atoms with E-state index in [4.69, 9.17) is 0 Å². The highest BCUT2D eigenvalue weighted by Gasteiger charge is 2.27. The molecule has 0 bridgehead atoms. The summed E-state index contributed by atoms with van der Waals surface area (Å²) in [6, 6.07) is 0.0528. The van der Waals surface area contributed by atoms with Crippen LogP contribution in [0.4, 0.5) is 4.79 Å². The zero-order valence-electron chi connectivity index (χ0n) is 8.68. The van der Waals surface area contributed by atoms with Crippen LogP contribution >= 0.6 is 0 Å². The van der Waals surface area contributed by atoms with Crippen LogP contribution in [-0.4, -0.2) is 42.6 Å². The van der Waals surface area contributed by atoms with Gasteiger partial charge in [-0.25, -0.2) is 4.79 Å². The summed E-state index contributed by atoms with van der Waals surface area (Å²) < 4.78 is 0. The lowest BCUT2D eigenvalue weighted by molar-refractivity contribution is 0.155. The third kappa shape index (κ3) is 2.88. The van der Waals surface area contributed by atoms with E-state index in [1.165, 1.54) is 0 Å². The Labute approximate surface area is 79.7 Å². The van der Waals surface area contributed by atoms with Gasteiger partial charge in [-0.3, -0.25) is 0 Å². The summed E-state index contributed by atoms with van der Waals surface area (Å²) in [5.41, 5.74) is 0.0450. The molecule has 0 aromatic rings. The quantitative estimate of drug-likeness (QED) is 0.621. The number of carbonyl (C=O) groups is 1. The monoisotopic (exact) mass is 185 g/mol. The zero-order valence-corrected chi connectivity index (χ0v) is 8.68. The van der Waals surface area contributed by atoms with Crippen molar-refractivity contribution in [3.8, 4) is 0 Å². The van der Waals surface area contributed by atoms with E-state index in [-0.39, 0.29) is 11.6 Å². The minimum absolute atomic E-state index is 0.0450. The number of hydrogen-bond acceptors (Lipinski definition) is 2. The molecule has 13 heavy (non-hydrogen) atoms. The number of nitrogens with zero attached hydrogens (tertiary/aromatic N) is 1. The Bertz CT molecular complexity index is 191. The Morgan fingerprint density at radius 3 is 2.85 bits per heavy atom. The molecule has 4 nitrogen and oxygen atoms in total. The maximum Gasteiger partial charge on any atom is 0.317 e. The number of piperazine rings is 1. The van der Waals surface area contributed by atoms with Crippen LogP contribution in [0.25, 0.3) is 0 Å². The number of amides is 2. The molecule has 0 unspecified atom stereocenters. The van der Waals surface area contributed by atoms with Crippen LogP contribution in [0.2, 0.25) is 0 Å². The van der Waals surface area contributed by atoms with Crippen molar-refractivity contribution in [2.24, 2.45) is 0 Å². The highest BCUT2D eigenvalue weighted by atomic mass is 16.2. The van der Waals surface area contributed by atoms with E-state index >= 15 is 0 Å². The molecule has 1 aliphatic rings. The molecule has 0 aromatic heterocycles. The maximum atomic E-state index is 11.5. The average molecular weight is 185 g/mol. The van der Waals surface area contributed by atoms with Gasteiger partial charge >= 0.3 is 6.03 Å². The van der Waals surface area contributed by atoms with Crippen molar-refractivity contribution in [3.05, 3.63) is 0 Å². The first kappa shape index (κ1) is 10.3. The Hall–Kier alpha value is -0.770. The Balaban J connectivity index is 2.47. The summed E-state index contributed by atoms with van der Waals surface area (Å²) in [4.78, 5) is 13.3. The highest BCUT2D eigenvalue weighted by Crippen LogP contribution is 2.09. The van der Waals surface area contributed by atoms with Crippen molar-refractivity contribution in [3.63, 3.8) is 0 Å². The van der Waals surface area contributed by atoms with Crippen molar-refractivity contribution < 1.29 is 4.79 Å². The summed E-state index contributed by atoms with van der Waals surface area (Å²) in [5.74, 6) is 0. The van der Waals surface area contributed by atoms with Crippen LogP contribution in [0.1, 0.15) is 20.8 Å². The fourth-order valence-corrected chi connectivity index (χ4v) is 1.58. The SMILES string of the molecule is CCNC(=O)N1CCNC(C)(C)C1. The first-order valence-corrected chi connectivity index (χ1v) is 4.83. The first-order valence-electron chi connectivity index (χ1n) is 4.83. The molecule has 4 heteroatoms. The van der Waals surface area contributed by atoms with Gasteiger partial charge in [-0.1, -0.05) is 0 Å². The average Bonchev–Trinajstić information content (AvgIpc) is 2.03. The van der Waals surface area contributed by atoms with E-state index in [0.29, 0.717) is 6.54 Å². The van der Waals surface area contributed by atoms with E-state index in [9.17, 15) is 4.79 Å². The molecule has 76 valence electrons. The molecule has 0 radical (unpaired) electrons. The molecule has 1 aliphatic heterocycles. The Morgan fingerprint density at radius 2 is 2.31 bits per heavy atom. The van der Waals surface area contributed by atoms with Gasteiger partial charge in [0.25, 0.3) is 0 Å². The standard InChI is InChI=1S/C9H19N3O/c1-4-10-8(13)12-6-5-11-9(2,3)7-12/h11H,4-7H2,1-3H3,(H,10,13). The first-order chi connectivity index (χ1) is 6.05. The van der Waals surface area contributed by atoms with Gasteiger partial charge in [-0.15, -0.1) is 0 Å². The van der Waals surface area contributed by atoms with Gasteiger partial charge in [0.05, 0.1) is 0 Å². The van der Waals surface area contributed by atoms with Gasteiger partial charge in [0.1, 0.15) is 0 Å². The molecular weight excluding hydrogens is 166 g/mol. The van der Waals surface area contributed by atoms with E-state index in [2.05, 4.69) is 24.5 Å². The van der Waals surface area contributed by atoms with Crippen molar-refractivity contribution in [1.29, 1.82) is 0 Å². The fraction of sp³-hybridized carbons (Fsp3) is 0.889. The molecule has 0 saturated carbocycles. The molecule has 1 rings (SSSR count). The van der Waals surface area contributed by atoms with Gasteiger partial charge in [0.2, 0.25) is 0 Å². The normalized spacial score (nSPS) is 21.3. The van der Waals surface area contributed by atoms with E-state index in [0.717, 1.165) is 19.6 Å². The van der Waals surface area contributed by atoms with Crippen LogP contribution in [0.3, 0.4) is 0 Å². The van der Waals surface area contributed by atoms with Crippen LogP contribution in [0.15, 0.2) is 0 Å². The van der Waals surface area contributed by atoms with Crippen molar-refractivity contribution in [2.45, 2.75) is 26.3 Å². The Kier molecular flexibility index (Phi) is 3.14. The molecule has 1 heterocycles. The van der Waals surface area contributed by atoms with Gasteiger partial charge < -0.3 is 15.5 Å². The van der Waals surface area contributed by atoms with E-state index < -0.39 is 0 Å². The van der Waals surface area contributed by atoms with Crippen molar-refractivity contribution in [1.82, 2.24) is 15.5 Å². The molecule has 1 fully saturated rings. The van der Waals surface area contributed by atoms with Gasteiger partial charge in [-0.05, 0) is 20.8 Å². The smallest absolute Gasteiger partial charge is 0.317 e. The number of nitrogens with one attached hydrogen (secondary N) is 2. The van der Waals surface area contributed by atoms with Crippen LogP contribution in [0.5, 0.6) is 0 Å². The highest BCUT2D eigenvalue weighted by molar-refractivity contribution is 5.74. The largest absolute Gasteiger partial charge is 0.338 e. The van der Waals surface area contributed by atoms with E-state index in [1.54, 1.807) is 0 Å². The number of rotatable bonds is 1. The van der Waals surface area contributed by atoms with Gasteiger partial charge in [0, 0.05) is 31.7 Å². The number of hydrogen-bond donors (Lipinski definition) is 2. The third-order valence-electron chi connectivity index (χ3n) is 2.19. The molecule has 0 atom stereocenters. The lowest BCUT2D eigenvalue weighted by Crippen LogP contribution is -2.60. The Morgan fingerprint density at radius 1 is 1.62 bits per heavy atom. The second-order valence-corrected chi connectivity index (χ2v) is 4.07. The van der Waals surface area contributed by atoms with Crippen molar-refractivity contribution >= 4 is 6.03 Å². The zero-order chi connectivity index (χ0) is 9.90. The summed E-state index contributed by atoms with van der Waals surface area (Å²) in [6.45, 7) is 9.31. The van der Waals surface area contributed by atoms with Crippen LogP contribution in [-0.2, 0) is 0 Å². The lowest BCUT2D eigenvalue weighted by atomic mass is 10.0. The predicted molar refractivity (Wildman–Crippen MR) is 52.7 cm³/mol. The number of urea groups is 1. The molecule has 1 saturated heterocycles. The topological polar surface area (TPSA) is 44.4 Å². The van der Waals surface area contributed by atoms with E-state index in [1.807, 2.05) is 11.8 Å². The molecule has 0 spiro atoms. The summed E-state index contributed by atoms with van der Waals surface area (Å²) in [6.07, 6.45) is 0. The summed E-state index contributed by atoms with van der Waals surface area (Å²) in [5, 5.41) is 6.18. The molecule has 0 aliphatic carbocycles. The minimum Gasteiger partial charge on any atom is -0.338 e. The maximum absolute atomic E-state index is 11.5. The van der Waals surface area contributed by atoms with Gasteiger partial charge in [-0.2, -0.15) is 0 Å². The molecule has 2 amide bonds. The third-order valence-corrected chi connectivity index (χ3v) is 2.19. The van der Waals surface area contributed by atoms with Gasteiger partial charge in [0.15, 0.2) is 0 Å². The molecular formula is C9H19N3O. The second kappa shape index (κ2) is 3.96. The molecule has 2 N–H and O–H groups in total. The second-order valence-electron chi connectivity index (χ2n) is 4.07. The lowest BCUT2D eigenvalue weighted by Gasteiger charge is -2.38. The fourth-order valence-electron chi connectivity index (χ4n) is 1.58. The number of carbonyl (C=O) groups excluding carboxylic acids is 1. The predicted octanol–water partition coefficient (Wildman–Crippen LogP) is 0.400. The minimum atomic E-state index is 0.0450. The van der Waals surface area contributed by atoms with Crippen LogP contribution in [0, 0.1) is 0 Å². The molecule has 0 aromatic carbocycles. The van der Waals surface area contributed by atoms with Crippen molar-refractivity contribution in [2.75, 3.05) is 26.2 Å². The summed E-state index contributed by atoms with van der Waals surface area (Å²) in [7, 11) is 0.